The van der Waals surface area contributed by atoms with Crippen LogP contribution < -0.4 is 10.6 Å². The second-order valence-corrected chi connectivity index (χ2v) is 5.26. The van der Waals surface area contributed by atoms with Crippen LogP contribution in [0.3, 0.4) is 0 Å². The van der Waals surface area contributed by atoms with Gasteiger partial charge in [-0.15, -0.1) is 0 Å². The second kappa shape index (κ2) is 4.37. The number of benzene rings is 1. The van der Waals surface area contributed by atoms with Gasteiger partial charge in [0.25, 0.3) is 5.91 Å². The minimum absolute atomic E-state index is 0.0871. The molecule has 0 saturated carbocycles. The predicted octanol–water partition coefficient (Wildman–Crippen LogP) is 2.47. The molecule has 0 spiro atoms. The van der Waals surface area contributed by atoms with Crippen molar-refractivity contribution in [1.82, 2.24) is 4.98 Å². The van der Waals surface area contributed by atoms with Crippen LogP contribution in [0.25, 0.3) is 0 Å². The van der Waals surface area contributed by atoms with Gasteiger partial charge in [-0.05, 0) is 44.0 Å². The summed E-state index contributed by atoms with van der Waals surface area (Å²) in [5, 5.41) is 0. The van der Waals surface area contributed by atoms with E-state index in [1.165, 1.54) is 0 Å². The van der Waals surface area contributed by atoms with E-state index in [9.17, 15) is 4.79 Å². The molecule has 0 saturated heterocycles. The van der Waals surface area contributed by atoms with Crippen molar-refractivity contribution < 1.29 is 9.21 Å². The number of amides is 1. The van der Waals surface area contributed by atoms with E-state index < -0.39 is 0 Å². The van der Waals surface area contributed by atoms with E-state index >= 15 is 0 Å². The van der Waals surface area contributed by atoms with Gasteiger partial charge < -0.3 is 15.1 Å². The predicted molar refractivity (Wildman–Crippen MR) is 76.8 cm³/mol. The summed E-state index contributed by atoms with van der Waals surface area (Å²) >= 11 is 0. The lowest BCUT2D eigenvalue weighted by atomic mass is 10.1. The van der Waals surface area contributed by atoms with Gasteiger partial charge in [-0.2, -0.15) is 0 Å². The van der Waals surface area contributed by atoms with Gasteiger partial charge in [0, 0.05) is 24.3 Å². The van der Waals surface area contributed by atoms with Gasteiger partial charge in [-0.3, -0.25) is 4.79 Å². The third-order valence-electron chi connectivity index (χ3n) is 3.64. The van der Waals surface area contributed by atoms with E-state index in [0.717, 1.165) is 23.4 Å². The normalized spacial score (nSPS) is 17.4. The van der Waals surface area contributed by atoms with Gasteiger partial charge in [0.05, 0.1) is 5.69 Å². The zero-order valence-electron chi connectivity index (χ0n) is 11.8. The van der Waals surface area contributed by atoms with Crippen LogP contribution in [-0.4, -0.2) is 16.9 Å². The number of fused-ring (bicyclic) bond motifs is 1. The van der Waals surface area contributed by atoms with Crippen LogP contribution in [0.4, 0.5) is 11.4 Å². The quantitative estimate of drug-likeness (QED) is 0.809. The number of nitrogens with zero attached hydrogens (tertiary/aromatic N) is 2. The number of hydrogen-bond acceptors (Lipinski definition) is 4. The molecular weight excluding hydrogens is 254 g/mol. The molecule has 1 aliphatic heterocycles. The Labute approximate surface area is 117 Å². The number of rotatable bonds is 1. The molecule has 1 unspecified atom stereocenters. The summed E-state index contributed by atoms with van der Waals surface area (Å²) in [7, 11) is 0. The monoisotopic (exact) mass is 271 g/mol. The van der Waals surface area contributed by atoms with Gasteiger partial charge in [0.1, 0.15) is 0 Å². The minimum Gasteiger partial charge on any atom is -0.436 e. The van der Waals surface area contributed by atoms with Crippen molar-refractivity contribution in [2.45, 2.75) is 33.2 Å². The molecule has 1 aromatic heterocycles. The Bertz CT molecular complexity index is 690. The van der Waals surface area contributed by atoms with Gasteiger partial charge in [0.2, 0.25) is 5.76 Å². The lowest BCUT2D eigenvalue weighted by molar-refractivity contribution is 0.0952. The molecular formula is C15H17N3O2. The number of anilines is 2. The molecule has 0 bridgehead atoms. The lowest BCUT2D eigenvalue weighted by Crippen LogP contribution is -2.35. The van der Waals surface area contributed by atoms with E-state index in [4.69, 9.17) is 10.2 Å². The Balaban J connectivity index is 2.03. The van der Waals surface area contributed by atoms with Crippen LogP contribution in [0.15, 0.2) is 22.6 Å². The van der Waals surface area contributed by atoms with Gasteiger partial charge in [-0.1, -0.05) is 0 Å². The van der Waals surface area contributed by atoms with Crippen LogP contribution in [0.2, 0.25) is 0 Å². The molecule has 1 atom stereocenters. The van der Waals surface area contributed by atoms with Crippen molar-refractivity contribution in [2.75, 3.05) is 10.6 Å². The largest absolute Gasteiger partial charge is 0.436 e. The van der Waals surface area contributed by atoms with E-state index in [2.05, 4.69) is 4.98 Å². The Morgan fingerprint density at radius 2 is 2.20 bits per heavy atom. The van der Waals surface area contributed by atoms with Crippen LogP contribution in [-0.2, 0) is 6.42 Å². The maximum absolute atomic E-state index is 12.7. The number of carbonyl (C=O) groups is 1. The topological polar surface area (TPSA) is 72.4 Å². The van der Waals surface area contributed by atoms with Crippen LogP contribution in [0.1, 0.15) is 34.6 Å². The molecule has 5 nitrogen and oxygen atoms in total. The first-order valence-electron chi connectivity index (χ1n) is 6.63. The summed E-state index contributed by atoms with van der Waals surface area (Å²) < 4.78 is 5.45. The molecule has 2 aromatic rings. The smallest absolute Gasteiger partial charge is 0.296 e. The molecule has 0 aliphatic carbocycles. The molecule has 2 heterocycles. The number of aryl methyl sites for hydroxylation is 2. The summed E-state index contributed by atoms with van der Waals surface area (Å²) in [5.74, 6) is 0.688. The van der Waals surface area contributed by atoms with Crippen LogP contribution in [0, 0.1) is 13.8 Å². The van der Waals surface area contributed by atoms with Crippen molar-refractivity contribution in [3.63, 3.8) is 0 Å². The molecule has 5 heteroatoms. The van der Waals surface area contributed by atoms with Crippen molar-refractivity contribution >= 4 is 17.3 Å². The summed E-state index contributed by atoms with van der Waals surface area (Å²) in [6.45, 7) is 5.55. The van der Waals surface area contributed by atoms with Gasteiger partial charge >= 0.3 is 0 Å². The number of hydrogen-bond donors (Lipinski definition) is 1. The minimum atomic E-state index is -0.140. The highest BCUT2D eigenvalue weighted by Gasteiger charge is 2.34. The molecule has 104 valence electrons. The van der Waals surface area contributed by atoms with Crippen LogP contribution >= 0.6 is 0 Å². The standard InChI is InChI=1S/C15H17N3O2/c1-8-6-11-7-12(16)4-5-13(11)18(8)15(19)14-9(2)17-10(3)20-14/h4-5,7-8H,6,16H2,1-3H3. The highest BCUT2D eigenvalue weighted by atomic mass is 16.4. The number of aromatic nitrogens is 1. The summed E-state index contributed by atoms with van der Waals surface area (Å²) in [6, 6.07) is 5.72. The molecule has 1 amide bonds. The second-order valence-electron chi connectivity index (χ2n) is 5.26. The van der Waals surface area contributed by atoms with E-state index in [-0.39, 0.29) is 11.9 Å². The number of carbonyl (C=O) groups excluding carboxylic acids is 1. The van der Waals surface area contributed by atoms with Gasteiger partial charge in [0.15, 0.2) is 5.89 Å². The molecule has 0 fully saturated rings. The fraction of sp³-hybridized carbons (Fsp3) is 0.333. The third kappa shape index (κ3) is 1.86. The highest BCUT2D eigenvalue weighted by Crippen LogP contribution is 2.35. The highest BCUT2D eigenvalue weighted by molar-refractivity contribution is 6.06. The molecule has 1 aromatic carbocycles. The van der Waals surface area contributed by atoms with Gasteiger partial charge in [-0.25, -0.2) is 4.98 Å². The average Bonchev–Trinajstić information content (AvgIpc) is 2.87. The molecule has 2 N–H and O–H groups in total. The van der Waals surface area contributed by atoms with Crippen molar-refractivity contribution in [2.24, 2.45) is 0 Å². The number of oxazole rings is 1. The molecule has 1 aliphatic rings. The Hall–Kier alpha value is -2.30. The average molecular weight is 271 g/mol. The lowest BCUT2D eigenvalue weighted by Gasteiger charge is -2.21. The molecule has 0 radical (unpaired) electrons. The number of nitrogen functional groups attached to an aromatic ring is 1. The molecule has 3 rings (SSSR count). The summed E-state index contributed by atoms with van der Waals surface area (Å²) in [6.07, 6.45) is 0.804. The number of nitrogens with two attached hydrogens (primary N) is 1. The van der Waals surface area contributed by atoms with E-state index in [1.54, 1.807) is 18.7 Å². The van der Waals surface area contributed by atoms with Crippen molar-refractivity contribution in [1.29, 1.82) is 0 Å². The first-order valence-corrected chi connectivity index (χ1v) is 6.63. The maximum Gasteiger partial charge on any atom is 0.296 e. The Kier molecular flexibility index (Phi) is 2.78. The van der Waals surface area contributed by atoms with Crippen molar-refractivity contribution in [3.05, 3.63) is 41.1 Å². The first kappa shape index (κ1) is 12.7. The Morgan fingerprint density at radius 1 is 1.45 bits per heavy atom. The maximum atomic E-state index is 12.7. The summed E-state index contributed by atoms with van der Waals surface area (Å²) in [4.78, 5) is 18.6. The third-order valence-corrected chi connectivity index (χ3v) is 3.64. The fourth-order valence-electron chi connectivity index (χ4n) is 2.80. The SMILES string of the molecule is Cc1nc(C)c(C(=O)N2c3ccc(N)cc3CC2C)o1. The first-order chi connectivity index (χ1) is 9.47. The zero-order valence-corrected chi connectivity index (χ0v) is 11.8. The van der Waals surface area contributed by atoms with Crippen molar-refractivity contribution in [3.8, 4) is 0 Å². The van der Waals surface area contributed by atoms with E-state index in [0.29, 0.717) is 17.3 Å². The fourth-order valence-corrected chi connectivity index (χ4v) is 2.80. The Morgan fingerprint density at radius 3 is 2.85 bits per heavy atom. The van der Waals surface area contributed by atoms with E-state index in [1.807, 2.05) is 25.1 Å². The summed E-state index contributed by atoms with van der Waals surface area (Å²) in [5.41, 5.74) is 9.16. The van der Waals surface area contributed by atoms with Crippen LogP contribution in [0.5, 0.6) is 0 Å². The zero-order chi connectivity index (χ0) is 14.4. The molecule has 20 heavy (non-hydrogen) atoms.